The summed E-state index contributed by atoms with van der Waals surface area (Å²) in [5, 5.41) is 0.979. The molecular weight excluding hydrogens is 515 g/mol. The molecule has 0 aliphatic carbocycles. The van der Waals surface area contributed by atoms with E-state index < -0.39 is 6.09 Å². The molecule has 0 atom stereocenters. The fourth-order valence-electron chi connectivity index (χ4n) is 4.49. The van der Waals surface area contributed by atoms with Gasteiger partial charge in [0.05, 0.1) is 4.47 Å². The van der Waals surface area contributed by atoms with Gasteiger partial charge in [-0.15, -0.1) is 0 Å². The number of hydrogen-bond donors (Lipinski definition) is 0. The van der Waals surface area contributed by atoms with E-state index in [-0.39, 0.29) is 0 Å². The van der Waals surface area contributed by atoms with Crippen LogP contribution >= 0.6 is 15.9 Å². The van der Waals surface area contributed by atoms with Crippen molar-refractivity contribution in [1.29, 1.82) is 0 Å². The lowest BCUT2D eigenvalue weighted by Gasteiger charge is -2.36. The van der Waals surface area contributed by atoms with E-state index in [9.17, 15) is 4.79 Å². The fraction of sp³-hybridized carbons (Fsp3) is 0.214. The summed E-state index contributed by atoms with van der Waals surface area (Å²) >= 11 is 3.64. The minimum Gasteiger partial charge on any atom is -0.406 e. The average molecular weight is 541 g/mol. The highest BCUT2D eigenvalue weighted by atomic mass is 79.9. The zero-order chi connectivity index (χ0) is 25.1. The number of amides is 1. The number of benzene rings is 3. The largest absolute Gasteiger partial charge is 0.419 e. The highest BCUT2D eigenvalue weighted by Gasteiger charge is 2.22. The summed E-state index contributed by atoms with van der Waals surface area (Å²) in [5.74, 6) is 0.426. The number of anilines is 2. The van der Waals surface area contributed by atoms with E-state index in [4.69, 9.17) is 12.6 Å². The molecule has 0 unspecified atom stereocenters. The lowest BCUT2D eigenvalue weighted by Crippen LogP contribution is -2.46. The fourth-order valence-corrected chi connectivity index (χ4v) is 5.03. The summed E-state index contributed by atoms with van der Waals surface area (Å²) in [5.41, 5.74) is 4.54. The van der Waals surface area contributed by atoms with Crippen molar-refractivity contribution in [2.75, 3.05) is 43.0 Å². The van der Waals surface area contributed by atoms with Gasteiger partial charge in [0.25, 0.3) is 0 Å². The van der Waals surface area contributed by atoms with E-state index >= 15 is 0 Å². The summed E-state index contributed by atoms with van der Waals surface area (Å²) in [6.45, 7) is 4.57. The number of carbonyl (C=O) groups is 1. The minimum atomic E-state index is -0.472. The van der Waals surface area contributed by atoms with Crippen molar-refractivity contribution in [3.05, 3.63) is 89.0 Å². The second-order valence-electron chi connectivity index (χ2n) is 8.86. The summed E-state index contributed by atoms with van der Waals surface area (Å²) in [6.07, 6.45) is 1.25. The molecule has 180 valence electrons. The lowest BCUT2D eigenvalue weighted by molar-refractivity contribution is 0.209. The number of ether oxygens (including phenoxy) is 1. The van der Waals surface area contributed by atoms with E-state index in [0.717, 1.165) is 54.8 Å². The van der Waals surface area contributed by atoms with Crippen LogP contribution < -0.4 is 20.0 Å². The molecule has 6 nitrogen and oxygen atoms in total. The molecule has 1 fully saturated rings. The van der Waals surface area contributed by atoms with Crippen LogP contribution in [0.2, 0.25) is 0 Å². The Bertz CT molecular complexity index is 1360. The molecule has 0 spiro atoms. The first-order valence-electron chi connectivity index (χ1n) is 11.9. The Morgan fingerprint density at radius 3 is 2.47 bits per heavy atom. The molecule has 0 N–H and O–H groups in total. The van der Waals surface area contributed by atoms with Gasteiger partial charge in [-0.05, 0) is 57.9 Å². The molecule has 4 aromatic rings. The molecule has 1 aliphatic rings. The Kier molecular flexibility index (Phi) is 7.25. The number of para-hydroxylation sites is 1. The summed E-state index contributed by atoms with van der Waals surface area (Å²) in [4.78, 5) is 23.8. The molecule has 36 heavy (non-hydrogen) atoms. The zero-order valence-electron chi connectivity index (χ0n) is 20.1. The van der Waals surface area contributed by atoms with Crippen LogP contribution in [-0.4, -0.2) is 57.1 Å². The quantitative estimate of drug-likeness (QED) is 0.342. The number of piperazine rings is 1. The average Bonchev–Trinajstić information content (AvgIpc) is 2.92. The third-order valence-electron chi connectivity index (χ3n) is 6.52. The predicted octanol–water partition coefficient (Wildman–Crippen LogP) is 4.75. The molecular formula is C28H26BBrN4O2. The van der Waals surface area contributed by atoms with Crippen molar-refractivity contribution in [3.8, 4) is 5.75 Å². The van der Waals surface area contributed by atoms with Crippen LogP contribution in [0.1, 0.15) is 5.56 Å². The maximum absolute atomic E-state index is 12.9. The highest BCUT2D eigenvalue weighted by Crippen LogP contribution is 2.36. The van der Waals surface area contributed by atoms with Crippen molar-refractivity contribution in [2.45, 2.75) is 6.54 Å². The first-order valence-corrected chi connectivity index (χ1v) is 12.7. The van der Waals surface area contributed by atoms with Crippen LogP contribution in [0.4, 0.5) is 16.2 Å². The van der Waals surface area contributed by atoms with Crippen molar-refractivity contribution in [2.24, 2.45) is 0 Å². The van der Waals surface area contributed by atoms with Gasteiger partial charge in [0.2, 0.25) is 0 Å². The first kappa shape index (κ1) is 24.3. The number of rotatable bonds is 5. The smallest absolute Gasteiger partial charge is 0.406 e. The predicted molar refractivity (Wildman–Crippen MR) is 150 cm³/mol. The normalized spacial score (nSPS) is 14.1. The Balaban J connectivity index is 1.32. The minimum absolute atomic E-state index is 0.426. The molecule has 5 rings (SSSR count). The van der Waals surface area contributed by atoms with Gasteiger partial charge in [0, 0.05) is 62.7 Å². The van der Waals surface area contributed by atoms with E-state index in [0.29, 0.717) is 15.7 Å². The number of fused-ring (bicyclic) bond motifs is 1. The molecule has 2 heterocycles. The van der Waals surface area contributed by atoms with Crippen LogP contribution in [-0.2, 0) is 6.54 Å². The van der Waals surface area contributed by atoms with Gasteiger partial charge in [-0.3, -0.25) is 14.8 Å². The second-order valence-corrected chi connectivity index (χ2v) is 9.72. The Morgan fingerprint density at radius 1 is 1.03 bits per heavy atom. The third-order valence-corrected chi connectivity index (χ3v) is 7.11. The summed E-state index contributed by atoms with van der Waals surface area (Å²) in [7, 11) is 7.53. The molecule has 3 aromatic carbocycles. The van der Waals surface area contributed by atoms with Gasteiger partial charge in [-0.2, -0.15) is 0 Å². The molecule has 0 saturated carbocycles. The topological polar surface area (TPSA) is 48.9 Å². The van der Waals surface area contributed by atoms with Crippen LogP contribution in [0.25, 0.3) is 10.9 Å². The molecule has 1 amide bonds. The molecule has 8 heteroatoms. The number of carbonyl (C=O) groups excluding carboxylic acids is 1. The number of nitrogens with zero attached hydrogens (tertiary/aromatic N) is 4. The molecule has 1 aliphatic heterocycles. The monoisotopic (exact) mass is 540 g/mol. The van der Waals surface area contributed by atoms with E-state index in [1.165, 1.54) is 10.6 Å². The van der Waals surface area contributed by atoms with Crippen molar-refractivity contribution in [3.63, 3.8) is 0 Å². The molecule has 0 bridgehead atoms. The van der Waals surface area contributed by atoms with Gasteiger partial charge in [-0.25, -0.2) is 4.79 Å². The first-order chi connectivity index (χ1) is 17.5. The van der Waals surface area contributed by atoms with Gasteiger partial charge < -0.3 is 9.64 Å². The van der Waals surface area contributed by atoms with Crippen LogP contribution in [0.3, 0.4) is 0 Å². The standard InChI is InChI=1S/C28H26BBrN4O2/c1-32(22-6-3-2-4-7-22)28(35)36-27-25(30)18-20(24-8-5-13-31-26(24)27)19-33-14-16-34(17-15-33)23-11-9-21(29)10-12-23/h2-13,18H,14-17,19H2,1H3. The highest BCUT2D eigenvalue weighted by molar-refractivity contribution is 9.10. The molecule has 2 radical (unpaired) electrons. The van der Waals surface area contributed by atoms with E-state index in [1.54, 1.807) is 13.2 Å². The summed E-state index contributed by atoms with van der Waals surface area (Å²) in [6, 6.07) is 23.5. The van der Waals surface area contributed by atoms with Gasteiger partial charge in [0.15, 0.2) is 5.75 Å². The van der Waals surface area contributed by atoms with Crippen LogP contribution in [0, 0.1) is 0 Å². The van der Waals surface area contributed by atoms with Gasteiger partial charge >= 0.3 is 6.09 Å². The number of hydrogen-bond acceptors (Lipinski definition) is 5. The Morgan fingerprint density at radius 2 is 1.75 bits per heavy atom. The molecule has 1 aromatic heterocycles. The lowest BCUT2D eigenvalue weighted by atomic mass is 9.96. The Hall–Kier alpha value is -3.36. The summed E-state index contributed by atoms with van der Waals surface area (Å²) < 4.78 is 6.55. The third kappa shape index (κ3) is 5.25. The van der Waals surface area contributed by atoms with Crippen molar-refractivity contribution < 1.29 is 9.53 Å². The van der Waals surface area contributed by atoms with Crippen molar-refractivity contribution in [1.82, 2.24) is 9.88 Å². The maximum Gasteiger partial charge on any atom is 0.419 e. The van der Waals surface area contributed by atoms with Crippen molar-refractivity contribution >= 4 is 57.6 Å². The molecule has 1 saturated heterocycles. The van der Waals surface area contributed by atoms with Gasteiger partial charge in [-0.1, -0.05) is 41.9 Å². The van der Waals surface area contributed by atoms with Crippen LogP contribution in [0.5, 0.6) is 5.75 Å². The Labute approximate surface area is 221 Å². The number of halogens is 1. The maximum atomic E-state index is 12.9. The second kappa shape index (κ2) is 10.7. The van der Waals surface area contributed by atoms with E-state index in [1.807, 2.05) is 60.7 Å². The SMILES string of the molecule is [B]c1ccc(N2CCN(Cc3cc(Br)c(OC(=O)N(C)c4ccccc4)c4ncccc34)CC2)cc1. The number of aromatic nitrogens is 1. The van der Waals surface area contributed by atoms with Gasteiger partial charge in [0.1, 0.15) is 13.4 Å². The number of pyridine rings is 1. The van der Waals surface area contributed by atoms with E-state index in [2.05, 4.69) is 42.8 Å². The zero-order valence-corrected chi connectivity index (χ0v) is 21.7. The van der Waals surface area contributed by atoms with Crippen LogP contribution in [0.15, 0.2) is 83.5 Å².